The van der Waals surface area contributed by atoms with Crippen LogP contribution >= 0.6 is 0 Å². The summed E-state index contributed by atoms with van der Waals surface area (Å²) in [6, 6.07) is 19.2. The minimum Gasteiger partial charge on any atom is -0.508 e. The first-order valence-electron chi connectivity index (χ1n) is 12.8. The molecule has 0 aliphatic carbocycles. The summed E-state index contributed by atoms with van der Waals surface area (Å²) < 4.78 is 11.0. The van der Waals surface area contributed by atoms with Gasteiger partial charge in [-0.1, -0.05) is 30.3 Å². The van der Waals surface area contributed by atoms with Crippen LogP contribution in [-0.4, -0.2) is 45.5 Å². The number of benzene rings is 4. The Bertz CT molecular complexity index is 1480. The summed E-state index contributed by atoms with van der Waals surface area (Å²) in [6.07, 6.45) is 1.28. The third-order valence-corrected chi connectivity index (χ3v) is 6.97. The lowest BCUT2D eigenvalue weighted by Crippen LogP contribution is -2.10. The number of Topliss-reactive ketones (excluding diaryl/α,β-unsaturated/α-hetero) is 1. The van der Waals surface area contributed by atoms with E-state index in [1.807, 2.05) is 0 Å². The fraction of sp³-hybridized carbons (Fsp3) is 0.219. The first kappa shape index (κ1) is 28.2. The van der Waals surface area contributed by atoms with E-state index in [0.717, 1.165) is 16.7 Å². The second-order valence-corrected chi connectivity index (χ2v) is 9.50. The number of rotatable bonds is 11. The molecule has 0 radical (unpaired) electrons. The Hall–Kier alpha value is -4.85. The van der Waals surface area contributed by atoms with Gasteiger partial charge in [0, 0.05) is 30.0 Å². The van der Waals surface area contributed by atoms with Crippen molar-refractivity contribution in [2.45, 2.75) is 31.6 Å². The molecule has 0 amide bonds. The van der Waals surface area contributed by atoms with Crippen molar-refractivity contribution >= 4 is 5.78 Å². The van der Waals surface area contributed by atoms with Crippen LogP contribution in [0.5, 0.6) is 40.2 Å². The molecule has 208 valence electrons. The SMILES string of the molecule is COc1cc(O)ccc1CCC(c1ccc(O)cc1)c1c(OC)cc(O)c(C(=O)CCc2ccc(O)cc2)c1O. The number of carbonyl (C=O) groups is 1. The molecule has 1 unspecified atom stereocenters. The smallest absolute Gasteiger partial charge is 0.170 e. The van der Waals surface area contributed by atoms with Gasteiger partial charge in [0.05, 0.1) is 14.2 Å². The molecule has 40 heavy (non-hydrogen) atoms. The standard InChI is InChI=1S/C32H32O8/c1-39-28-17-24(35)14-8-21(28)9-15-25(20-6-12-23(34)13-7-20)30-29(40-2)18-27(37)31(32(30)38)26(36)16-5-19-3-10-22(33)11-4-19/h3-4,6-8,10-14,17-18,25,33-35,37-38H,5,9,15-16H2,1-2H3. The Kier molecular flexibility index (Phi) is 8.69. The van der Waals surface area contributed by atoms with Crippen LogP contribution in [0.1, 0.15) is 51.4 Å². The molecule has 0 aliphatic rings. The van der Waals surface area contributed by atoms with Crippen molar-refractivity contribution in [2.75, 3.05) is 14.2 Å². The number of aryl methyl sites for hydroxylation is 2. The summed E-state index contributed by atoms with van der Waals surface area (Å²) in [7, 11) is 2.93. The van der Waals surface area contributed by atoms with Crippen LogP contribution in [0.3, 0.4) is 0 Å². The van der Waals surface area contributed by atoms with Crippen molar-refractivity contribution in [1.29, 1.82) is 0 Å². The summed E-state index contributed by atoms with van der Waals surface area (Å²) in [4.78, 5) is 13.3. The predicted molar refractivity (Wildman–Crippen MR) is 150 cm³/mol. The first-order chi connectivity index (χ1) is 19.2. The van der Waals surface area contributed by atoms with E-state index in [4.69, 9.17) is 9.47 Å². The van der Waals surface area contributed by atoms with Crippen LogP contribution < -0.4 is 9.47 Å². The number of methoxy groups -OCH3 is 2. The first-order valence-corrected chi connectivity index (χ1v) is 12.8. The molecule has 5 N–H and O–H groups in total. The molecule has 8 heteroatoms. The molecule has 0 fully saturated rings. The molecule has 1 atom stereocenters. The zero-order valence-electron chi connectivity index (χ0n) is 22.3. The number of phenols is 5. The number of hydrogen-bond acceptors (Lipinski definition) is 8. The lowest BCUT2D eigenvalue weighted by Gasteiger charge is -2.24. The minimum atomic E-state index is -0.502. The Balaban J connectivity index is 1.74. The third-order valence-electron chi connectivity index (χ3n) is 6.97. The van der Waals surface area contributed by atoms with Crippen LogP contribution in [-0.2, 0) is 12.8 Å². The maximum absolute atomic E-state index is 13.3. The molecule has 4 aromatic carbocycles. The number of hydrogen-bond donors (Lipinski definition) is 5. The highest BCUT2D eigenvalue weighted by molar-refractivity contribution is 6.02. The molecular weight excluding hydrogens is 512 g/mol. The molecule has 0 heterocycles. The van der Waals surface area contributed by atoms with Gasteiger partial charge in [-0.05, 0) is 66.3 Å². The number of aromatic hydroxyl groups is 5. The number of phenolic OH excluding ortho intramolecular Hbond substituents is 5. The highest BCUT2D eigenvalue weighted by Crippen LogP contribution is 2.47. The van der Waals surface area contributed by atoms with E-state index < -0.39 is 17.5 Å². The van der Waals surface area contributed by atoms with Gasteiger partial charge in [-0.2, -0.15) is 0 Å². The van der Waals surface area contributed by atoms with Crippen molar-refractivity contribution < 1.29 is 39.8 Å². The zero-order chi connectivity index (χ0) is 28.8. The summed E-state index contributed by atoms with van der Waals surface area (Å²) in [5, 5.41) is 51.5. The molecule has 0 aromatic heterocycles. The normalized spacial score (nSPS) is 11.7. The van der Waals surface area contributed by atoms with Crippen LogP contribution in [0.4, 0.5) is 0 Å². The molecule has 0 aliphatic heterocycles. The van der Waals surface area contributed by atoms with Gasteiger partial charge in [-0.15, -0.1) is 0 Å². The van der Waals surface area contributed by atoms with E-state index in [1.165, 1.54) is 50.6 Å². The maximum Gasteiger partial charge on any atom is 0.170 e. The molecule has 4 aromatic rings. The summed E-state index contributed by atoms with van der Waals surface area (Å²) in [5.74, 6) is -0.719. The van der Waals surface area contributed by atoms with Crippen molar-refractivity contribution in [1.82, 2.24) is 0 Å². The van der Waals surface area contributed by atoms with E-state index >= 15 is 0 Å². The van der Waals surface area contributed by atoms with Crippen LogP contribution in [0.2, 0.25) is 0 Å². The highest BCUT2D eigenvalue weighted by Gasteiger charge is 2.29. The van der Waals surface area contributed by atoms with E-state index in [1.54, 1.807) is 36.4 Å². The van der Waals surface area contributed by atoms with E-state index in [-0.39, 0.29) is 40.7 Å². The van der Waals surface area contributed by atoms with Crippen LogP contribution in [0, 0.1) is 0 Å². The van der Waals surface area contributed by atoms with Gasteiger partial charge >= 0.3 is 0 Å². The molecule has 0 saturated heterocycles. The van der Waals surface area contributed by atoms with Crippen molar-refractivity contribution in [2.24, 2.45) is 0 Å². The number of carbonyl (C=O) groups excluding carboxylic acids is 1. The van der Waals surface area contributed by atoms with Gasteiger partial charge in [0.15, 0.2) is 5.78 Å². The van der Waals surface area contributed by atoms with Crippen molar-refractivity contribution in [3.63, 3.8) is 0 Å². The van der Waals surface area contributed by atoms with Gasteiger partial charge in [0.1, 0.15) is 45.8 Å². The fourth-order valence-corrected chi connectivity index (χ4v) is 4.90. The Morgan fingerprint density at radius 1 is 0.725 bits per heavy atom. The highest BCUT2D eigenvalue weighted by atomic mass is 16.5. The van der Waals surface area contributed by atoms with Gasteiger partial charge in [-0.3, -0.25) is 4.79 Å². The molecule has 0 bridgehead atoms. The fourth-order valence-electron chi connectivity index (χ4n) is 4.90. The molecule has 4 rings (SSSR count). The van der Waals surface area contributed by atoms with Crippen molar-refractivity contribution in [3.05, 3.63) is 101 Å². The topological polar surface area (TPSA) is 137 Å². The van der Waals surface area contributed by atoms with Gasteiger partial charge in [0.25, 0.3) is 0 Å². The second kappa shape index (κ2) is 12.3. The Labute approximate surface area is 232 Å². The number of ether oxygens (including phenoxy) is 2. The lowest BCUT2D eigenvalue weighted by atomic mass is 9.83. The monoisotopic (exact) mass is 544 g/mol. The Morgan fingerprint density at radius 3 is 1.95 bits per heavy atom. The van der Waals surface area contributed by atoms with Crippen molar-refractivity contribution in [3.8, 4) is 40.2 Å². The van der Waals surface area contributed by atoms with Crippen LogP contribution in [0.25, 0.3) is 0 Å². The zero-order valence-corrected chi connectivity index (χ0v) is 22.3. The van der Waals surface area contributed by atoms with Crippen LogP contribution in [0.15, 0.2) is 72.8 Å². The van der Waals surface area contributed by atoms with E-state index in [2.05, 4.69) is 0 Å². The lowest BCUT2D eigenvalue weighted by molar-refractivity contribution is 0.0977. The third kappa shape index (κ3) is 6.23. The minimum absolute atomic E-state index is 0.0201. The second-order valence-electron chi connectivity index (χ2n) is 9.50. The maximum atomic E-state index is 13.3. The summed E-state index contributed by atoms with van der Waals surface area (Å²) in [6.45, 7) is 0. The molecule has 8 nitrogen and oxygen atoms in total. The van der Waals surface area contributed by atoms with E-state index in [0.29, 0.717) is 30.6 Å². The summed E-state index contributed by atoms with van der Waals surface area (Å²) in [5.41, 5.74) is 2.53. The number of ketones is 1. The Morgan fingerprint density at radius 2 is 1.32 bits per heavy atom. The molecule has 0 saturated carbocycles. The van der Waals surface area contributed by atoms with Gasteiger partial charge in [0.2, 0.25) is 0 Å². The quantitative estimate of drug-likeness (QED) is 0.149. The average Bonchev–Trinajstić information content (AvgIpc) is 2.94. The average molecular weight is 545 g/mol. The summed E-state index contributed by atoms with van der Waals surface area (Å²) >= 11 is 0. The largest absolute Gasteiger partial charge is 0.508 e. The van der Waals surface area contributed by atoms with E-state index in [9.17, 15) is 30.3 Å². The van der Waals surface area contributed by atoms with Gasteiger partial charge < -0.3 is 35.0 Å². The molecule has 0 spiro atoms. The van der Waals surface area contributed by atoms with Gasteiger partial charge in [-0.25, -0.2) is 0 Å². The predicted octanol–water partition coefficient (Wildman–Crippen LogP) is 5.81. The molecular formula is C32H32O8.